The molecule has 92 valence electrons. The number of rotatable bonds is 3. The summed E-state index contributed by atoms with van der Waals surface area (Å²) < 4.78 is 0. The third-order valence-electron chi connectivity index (χ3n) is 3.28. The molecular weight excluding hydrogens is 234 g/mol. The maximum atomic E-state index is 11.3. The number of benzene rings is 1. The Labute approximate surface area is 108 Å². The Morgan fingerprint density at radius 2 is 2.24 bits per heavy atom. The highest BCUT2D eigenvalue weighted by molar-refractivity contribution is 6.31. The van der Waals surface area contributed by atoms with Gasteiger partial charge in [0.05, 0.1) is 0 Å². The fourth-order valence-corrected chi connectivity index (χ4v) is 2.97. The van der Waals surface area contributed by atoms with Crippen LogP contribution in [0.4, 0.5) is 5.69 Å². The number of halogens is 1. The predicted octanol–water partition coefficient (Wildman–Crippen LogP) is 3.46. The van der Waals surface area contributed by atoms with Gasteiger partial charge in [-0.25, -0.2) is 0 Å². The van der Waals surface area contributed by atoms with Crippen molar-refractivity contribution in [1.29, 1.82) is 0 Å². The van der Waals surface area contributed by atoms with Crippen molar-refractivity contribution in [2.24, 2.45) is 0 Å². The van der Waals surface area contributed by atoms with Crippen LogP contribution in [-0.2, 0) is 11.2 Å². The minimum atomic E-state index is 0.240. The summed E-state index contributed by atoms with van der Waals surface area (Å²) in [5, 5.41) is 0.819. The van der Waals surface area contributed by atoms with Crippen LogP contribution in [0, 0.1) is 0 Å². The first-order valence-electron chi connectivity index (χ1n) is 6.06. The van der Waals surface area contributed by atoms with Crippen LogP contribution in [-0.4, -0.2) is 17.9 Å². The van der Waals surface area contributed by atoms with E-state index >= 15 is 0 Å². The van der Waals surface area contributed by atoms with Crippen LogP contribution >= 0.6 is 11.6 Å². The molecule has 0 radical (unpaired) electrons. The minimum absolute atomic E-state index is 0.240. The van der Waals surface area contributed by atoms with Gasteiger partial charge >= 0.3 is 0 Å². The molecule has 1 aromatic carbocycles. The molecule has 0 N–H and O–H groups in total. The van der Waals surface area contributed by atoms with E-state index in [4.69, 9.17) is 11.6 Å². The monoisotopic (exact) mass is 251 g/mol. The average molecular weight is 252 g/mol. The highest BCUT2D eigenvalue weighted by Gasteiger charge is 2.32. The van der Waals surface area contributed by atoms with Crippen molar-refractivity contribution < 1.29 is 4.79 Å². The molecule has 0 spiro atoms. The normalized spacial score (nSPS) is 18.6. The van der Waals surface area contributed by atoms with Gasteiger partial charge in [-0.2, -0.15) is 0 Å². The van der Waals surface area contributed by atoms with Crippen molar-refractivity contribution in [1.82, 2.24) is 0 Å². The number of ketones is 1. The Morgan fingerprint density at radius 3 is 2.82 bits per heavy atom. The van der Waals surface area contributed by atoms with Crippen molar-refractivity contribution >= 4 is 23.1 Å². The number of hydrogen-bond donors (Lipinski definition) is 0. The molecule has 1 heterocycles. The van der Waals surface area contributed by atoms with Crippen LogP contribution < -0.4 is 4.90 Å². The van der Waals surface area contributed by atoms with E-state index < -0.39 is 0 Å². The molecule has 0 bridgehead atoms. The maximum absolute atomic E-state index is 11.3. The molecular formula is C14H18ClNO. The maximum Gasteiger partial charge on any atom is 0.131 e. The number of anilines is 1. The van der Waals surface area contributed by atoms with Crippen LogP contribution in [0.15, 0.2) is 18.2 Å². The Balaban J connectivity index is 2.37. The molecule has 1 aromatic rings. The third kappa shape index (κ3) is 2.32. The molecule has 0 amide bonds. The zero-order valence-corrected chi connectivity index (χ0v) is 11.3. The molecule has 2 nitrogen and oxygen atoms in total. The highest BCUT2D eigenvalue weighted by atomic mass is 35.5. The lowest BCUT2D eigenvalue weighted by Crippen LogP contribution is -2.38. The zero-order chi connectivity index (χ0) is 12.6. The molecule has 3 heteroatoms. The molecule has 1 atom stereocenters. The van der Waals surface area contributed by atoms with E-state index in [0.717, 1.165) is 11.4 Å². The van der Waals surface area contributed by atoms with Gasteiger partial charge < -0.3 is 4.90 Å². The van der Waals surface area contributed by atoms with Gasteiger partial charge in [0.25, 0.3) is 0 Å². The quantitative estimate of drug-likeness (QED) is 0.820. The molecule has 17 heavy (non-hydrogen) atoms. The fourth-order valence-electron chi connectivity index (χ4n) is 2.72. The smallest absolute Gasteiger partial charge is 0.131 e. The third-order valence-corrected chi connectivity index (χ3v) is 3.64. The molecule has 2 rings (SSSR count). The molecule has 1 aliphatic heterocycles. The van der Waals surface area contributed by atoms with E-state index in [1.165, 1.54) is 11.3 Å². The van der Waals surface area contributed by atoms with Gasteiger partial charge in [0.15, 0.2) is 0 Å². The number of hydrogen-bond acceptors (Lipinski definition) is 2. The minimum Gasteiger partial charge on any atom is -0.365 e. The Bertz CT molecular complexity index is 442. The molecule has 0 fully saturated rings. The van der Waals surface area contributed by atoms with Crippen LogP contribution in [0.1, 0.15) is 32.8 Å². The van der Waals surface area contributed by atoms with Crippen LogP contribution in [0.2, 0.25) is 5.02 Å². The van der Waals surface area contributed by atoms with Gasteiger partial charge in [-0.3, -0.25) is 4.79 Å². The van der Waals surface area contributed by atoms with Gasteiger partial charge in [-0.05, 0) is 44.9 Å². The van der Waals surface area contributed by atoms with Crippen LogP contribution in [0.3, 0.4) is 0 Å². The largest absolute Gasteiger partial charge is 0.365 e. The predicted molar refractivity (Wildman–Crippen MR) is 71.9 cm³/mol. The van der Waals surface area contributed by atoms with Gasteiger partial charge in [0.2, 0.25) is 0 Å². The summed E-state index contributed by atoms with van der Waals surface area (Å²) in [5.41, 5.74) is 2.38. The van der Waals surface area contributed by atoms with Crippen LogP contribution in [0.5, 0.6) is 0 Å². The number of fused-ring (bicyclic) bond motifs is 1. The molecule has 0 saturated carbocycles. The summed E-state index contributed by atoms with van der Waals surface area (Å²) >= 11 is 6.23. The van der Waals surface area contributed by atoms with E-state index in [0.29, 0.717) is 12.5 Å². The second kappa shape index (κ2) is 4.69. The van der Waals surface area contributed by atoms with E-state index in [9.17, 15) is 4.79 Å². The summed E-state index contributed by atoms with van der Waals surface area (Å²) in [5.74, 6) is 0.240. The fraction of sp³-hybridized carbons (Fsp3) is 0.500. The number of carbonyl (C=O) groups is 1. The number of Topliss-reactive ketones (excluding diaryl/α,β-unsaturated/α-hetero) is 1. The first kappa shape index (κ1) is 12.4. The van der Waals surface area contributed by atoms with Crippen LogP contribution in [0.25, 0.3) is 0 Å². The zero-order valence-electron chi connectivity index (χ0n) is 10.5. The summed E-state index contributed by atoms with van der Waals surface area (Å²) in [6.07, 6.45) is 1.48. The van der Waals surface area contributed by atoms with Crippen molar-refractivity contribution in [2.75, 3.05) is 4.90 Å². The molecule has 1 unspecified atom stereocenters. The second-order valence-corrected chi connectivity index (χ2v) is 5.41. The van der Waals surface area contributed by atoms with E-state index in [1.807, 2.05) is 12.1 Å². The van der Waals surface area contributed by atoms with Crippen molar-refractivity contribution in [2.45, 2.75) is 45.7 Å². The SMILES string of the molecule is CC(=O)CC1Cc2c(Cl)cccc2N1C(C)C. The average Bonchev–Trinajstić information content (AvgIpc) is 2.56. The lowest BCUT2D eigenvalue weighted by molar-refractivity contribution is -0.117. The van der Waals surface area contributed by atoms with Crippen molar-refractivity contribution in [3.05, 3.63) is 28.8 Å². The molecule has 0 aromatic heterocycles. The first-order valence-corrected chi connectivity index (χ1v) is 6.43. The van der Waals surface area contributed by atoms with E-state index in [2.05, 4.69) is 24.8 Å². The highest BCUT2D eigenvalue weighted by Crippen LogP contribution is 2.38. The molecule has 1 aliphatic rings. The number of carbonyl (C=O) groups excluding carboxylic acids is 1. The molecule has 0 aliphatic carbocycles. The number of nitrogens with zero attached hydrogens (tertiary/aromatic N) is 1. The van der Waals surface area contributed by atoms with Gasteiger partial charge in [-0.15, -0.1) is 0 Å². The second-order valence-electron chi connectivity index (χ2n) is 5.00. The summed E-state index contributed by atoms with van der Waals surface area (Å²) in [4.78, 5) is 13.7. The topological polar surface area (TPSA) is 20.3 Å². The Morgan fingerprint density at radius 1 is 1.53 bits per heavy atom. The van der Waals surface area contributed by atoms with Crippen molar-refractivity contribution in [3.63, 3.8) is 0 Å². The van der Waals surface area contributed by atoms with Crippen molar-refractivity contribution in [3.8, 4) is 0 Å². The van der Waals surface area contributed by atoms with Gasteiger partial charge in [0, 0.05) is 29.2 Å². The van der Waals surface area contributed by atoms with E-state index in [1.54, 1.807) is 6.92 Å². The standard InChI is InChI=1S/C14H18ClNO/c1-9(2)16-11(7-10(3)17)8-12-13(15)5-4-6-14(12)16/h4-6,9,11H,7-8H2,1-3H3. The van der Waals surface area contributed by atoms with Gasteiger partial charge in [-0.1, -0.05) is 17.7 Å². The lowest BCUT2D eigenvalue weighted by atomic mass is 10.1. The lowest BCUT2D eigenvalue weighted by Gasteiger charge is -2.31. The Hall–Kier alpha value is -1.02. The van der Waals surface area contributed by atoms with E-state index in [-0.39, 0.29) is 11.8 Å². The molecule has 0 saturated heterocycles. The summed E-state index contributed by atoms with van der Waals surface area (Å²) in [6.45, 7) is 5.97. The Kier molecular flexibility index (Phi) is 3.43. The summed E-state index contributed by atoms with van der Waals surface area (Å²) in [7, 11) is 0. The summed E-state index contributed by atoms with van der Waals surface area (Å²) in [6, 6.07) is 6.66. The van der Waals surface area contributed by atoms with Gasteiger partial charge in [0.1, 0.15) is 5.78 Å². The first-order chi connectivity index (χ1) is 8.00.